The van der Waals surface area contributed by atoms with E-state index in [0.29, 0.717) is 17.9 Å². The minimum absolute atomic E-state index is 0.0402. The van der Waals surface area contributed by atoms with E-state index in [0.717, 1.165) is 0 Å². The van der Waals surface area contributed by atoms with Crippen molar-refractivity contribution in [1.82, 2.24) is 14.8 Å². The van der Waals surface area contributed by atoms with Gasteiger partial charge in [0.1, 0.15) is 0 Å². The van der Waals surface area contributed by atoms with E-state index in [4.69, 9.17) is 5.73 Å². The molecule has 0 saturated heterocycles. The molecule has 0 aliphatic rings. The fourth-order valence-electron chi connectivity index (χ4n) is 1.71. The van der Waals surface area contributed by atoms with Gasteiger partial charge in [-0.25, -0.2) is 14.5 Å². The Hall–Kier alpha value is -2.48. The number of H-pyrrole nitrogens is 1. The van der Waals surface area contributed by atoms with Crippen molar-refractivity contribution in [2.75, 3.05) is 0 Å². The van der Waals surface area contributed by atoms with Crippen LogP contribution in [0.5, 0.6) is 0 Å². The summed E-state index contributed by atoms with van der Waals surface area (Å²) in [6, 6.07) is 5.25. The van der Waals surface area contributed by atoms with Crippen molar-refractivity contribution in [2.45, 2.75) is 19.4 Å². The van der Waals surface area contributed by atoms with Crippen LogP contribution < -0.4 is 11.4 Å². The van der Waals surface area contributed by atoms with E-state index in [1.54, 1.807) is 0 Å². The van der Waals surface area contributed by atoms with Crippen molar-refractivity contribution < 1.29 is 4.92 Å². The average molecular weight is 263 g/mol. The molecular weight excluding hydrogens is 250 g/mol. The van der Waals surface area contributed by atoms with Gasteiger partial charge in [-0.2, -0.15) is 5.10 Å². The maximum atomic E-state index is 11.7. The Kier molecular flexibility index (Phi) is 3.43. The van der Waals surface area contributed by atoms with Gasteiger partial charge in [0.2, 0.25) is 0 Å². The lowest BCUT2D eigenvalue weighted by Gasteiger charge is -2.10. The molecule has 1 heterocycles. The molecule has 0 bridgehead atoms. The summed E-state index contributed by atoms with van der Waals surface area (Å²) in [4.78, 5) is 21.8. The number of aromatic amines is 1. The standard InChI is InChI=1S/C11H13N5O3/c1-2-9(12)10-13-14-11(17)15(10)7-3-5-8(6-4-7)16(18)19/h3-6,9H,2,12H2,1H3,(H,14,17). The molecule has 2 rings (SSSR count). The first-order valence-corrected chi connectivity index (χ1v) is 5.72. The maximum Gasteiger partial charge on any atom is 0.347 e. The number of rotatable bonds is 4. The first-order chi connectivity index (χ1) is 9.04. The number of benzene rings is 1. The van der Waals surface area contributed by atoms with Gasteiger partial charge >= 0.3 is 5.69 Å². The molecule has 0 fully saturated rings. The summed E-state index contributed by atoms with van der Waals surface area (Å²) in [6.07, 6.45) is 0.622. The number of hydrogen-bond donors (Lipinski definition) is 2. The Labute approximate surface area is 108 Å². The number of non-ortho nitro benzene ring substituents is 1. The van der Waals surface area contributed by atoms with Gasteiger partial charge < -0.3 is 5.73 Å². The zero-order valence-electron chi connectivity index (χ0n) is 10.2. The molecule has 1 aromatic carbocycles. The van der Waals surface area contributed by atoms with E-state index >= 15 is 0 Å². The lowest BCUT2D eigenvalue weighted by Crippen LogP contribution is -2.21. The summed E-state index contributed by atoms with van der Waals surface area (Å²) in [6.45, 7) is 1.88. The smallest absolute Gasteiger partial charge is 0.321 e. The van der Waals surface area contributed by atoms with Crippen molar-refractivity contribution in [3.8, 4) is 5.69 Å². The SMILES string of the molecule is CCC(N)c1n[nH]c(=O)n1-c1ccc([N+](=O)[O-])cc1. The fraction of sp³-hybridized carbons (Fsp3) is 0.273. The maximum absolute atomic E-state index is 11.7. The number of aromatic nitrogens is 3. The van der Waals surface area contributed by atoms with Gasteiger partial charge in [0.05, 0.1) is 16.7 Å². The third-order valence-electron chi connectivity index (χ3n) is 2.79. The lowest BCUT2D eigenvalue weighted by molar-refractivity contribution is -0.384. The largest absolute Gasteiger partial charge is 0.347 e. The average Bonchev–Trinajstić information content (AvgIpc) is 2.80. The highest BCUT2D eigenvalue weighted by atomic mass is 16.6. The molecule has 0 aliphatic carbocycles. The Balaban J connectivity index is 2.49. The molecular formula is C11H13N5O3. The van der Waals surface area contributed by atoms with Crippen molar-refractivity contribution in [2.24, 2.45) is 5.73 Å². The molecule has 19 heavy (non-hydrogen) atoms. The second kappa shape index (κ2) is 5.02. The zero-order valence-corrected chi connectivity index (χ0v) is 10.2. The summed E-state index contributed by atoms with van der Waals surface area (Å²) in [5.74, 6) is 0.404. The molecule has 0 aliphatic heterocycles. The van der Waals surface area contributed by atoms with E-state index in [9.17, 15) is 14.9 Å². The number of nitrogens with zero attached hydrogens (tertiary/aromatic N) is 3. The summed E-state index contributed by atoms with van der Waals surface area (Å²) in [5, 5.41) is 16.8. The molecule has 0 radical (unpaired) electrons. The van der Waals surface area contributed by atoms with Gasteiger partial charge in [0, 0.05) is 12.1 Å². The van der Waals surface area contributed by atoms with Gasteiger partial charge in [0.15, 0.2) is 5.82 Å². The molecule has 3 N–H and O–H groups in total. The second-order valence-corrected chi connectivity index (χ2v) is 4.01. The van der Waals surface area contributed by atoms with Crippen LogP contribution >= 0.6 is 0 Å². The van der Waals surface area contributed by atoms with Crippen molar-refractivity contribution >= 4 is 5.69 Å². The first kappa shape index (κ1) is 13.0. The summed E-state index contributed by atoms with van der Waals surface area (Å²) >= 11 is 0. The molecule has 0 saturated carbocycles. The molecule has 1 aromatic heterocycles. The molecule has 0 amide bonds. The molecule has 8 nitrogen and oxygen atoms in total. The van der Waals surface area contributed by atoms with Crippen LogP contribution in [0.15, 0.2) is 29.1 Å². The van der Waals surface area contributed by atoms with Crippen molar-refractivity contribution in [3.63, 3.8) is 0 Å². The Morgan fingerprint density at radius 3 is 2.63 bits per heavy atom. The predicted molar refractivity (Wildman–Crippen MR) is 68.1 cm³/mol. The highest BCUT2D eigenvalue weighted by molar-refractivity contribution is 5.41. The number of nitro benzene ring substituents is 1. The molecule has 2 aromatic rings. The van der Waals surface area contributed by atoms with Crippen molar-refractivity contribution in [3.05, 3.63) is 50.7 Å². The van der Waals surface area contributed by atoms with E-state index in [2.05, 4.69) is 10.2 Å². The lowest BCUT2D eigenvalue weighted by atomic mass is 10.2. The number of hydrogen-bond acceptors (Lipinski definition) is 5. The zero-order chi connectivity index (χ0) is 14.0. The fourth-order valence-corrected chi connectivity index (χ4v) is 1.71. The highest BCUT2D eigenvalue weighted by Gasteiger charge is 2.16. The Morgan fingerprint density at radius 1 is 1.47 bits per heavy atom. The molecule has 0 spiro atoms. The highest BCUT2D eigenvalue weighted by Crippen LogP contribution is 2.17. The quantitative estimate of drug-likeness (QED) is 0.626. The number of nitrogens with two attached hydrogens (primary N) is 1. The summed E-state index contributed by atoms with van der Waals surface area (Å²) in [7, 11) is 0. The summed E-state index contributed by atoms with van der Waals surface area (Å²) < 4.78 is 1.32. The van der Waals surface area contributed by atoms with E-state index in [1.807, 2.05) is 6.92 Å². The van der Waals surface area contributed by atoms with E-state index in [-0.39, 0.29) is 11.7 Å². The minimum atomic E-state index is -0.499. The van der Waals surface area contributed by atoms with E-state index in [1.165, 1.54) is 28.8 Å². The third kappa shape index (κ3) is 2.38. The van der Waals surface area contributed by atoms with Gasteiger partial charge in [0.25, 0.3) is 5.69 Å². The first-order valence-electron chi connectivity index (χ1n) is 5.72. The number of nitrogens with one attached hydrogen (secondary N) is 1. The monoisotopic (exact) mass is 263 g/mol. The van der Waals surface area contributed by atoms with Gasteiger partial charge in [-0.05, 0) is 18.6 Å². The van der Waals surface area contributed by atoms with E-state index < -0.39 is 10.6 Å². The molecule has 100 valence electrons. The number of nitro groups is 1. The van der Waals surface area contributed by atoms with Crippen LogP contribution in [0.1, 0.15) is 25.2 Å². The summed E-state index contributed by atoms with van der Waals surface area (Å²) in [5.41, 5.74) is 5.90. The van der Waals surface area contributed by atoms with Crippen LogP contribution in [0.4, 0.5) is 5.69 Å². The normalized spacial score (nSPS) is 12.3. The van der Waals surface area contributed by atoms with Gasteiger partial charge in [-0.1, -0.05) is 6.92 Å². The van der Waals surface area contributed by atoms with Crippen LogP contribution in [-0.4, -0.2) is 19.7 Å². The topological polar surface area (TPSA) is 120 Å². The van der Waals surface area contributed by atoms with Crippen LogP contribution in [0.25, 0.3) is 5.69 Å². The van der Waals surface area contributed by atoms with Crippen molar-refractivity contribution in [1.29, 1.82) is 0 Å². The van der Waals surface area contributed by atoms with Gasteiger partial charge in [-0.15, -0.1) is 0 Å². The molecule has 1 atom stereocenters. The Morgan fingerprint density at radius 2 is 2.11 bits per heavy atom. The van der Waals surface area contributed by atoms with Crippen LogP contribution in [-0.2, 0) is 0 Å². The predicted octanol–water partition coefficient (Wildman–Crippen LogP) is 0.879. The third-order valence-corrected chi connectivity index (χ3v) is 2.79. The van der Waals surface area contributed by atoms with Crippen LogP contribution in [0, 0.1) is 10.1 Å². The van der Waals surface area contributed by atoms with Gasteiger partial charge in [-0.3, -0.25) is 10.1 Å². The minimum Gasteiger partial charge on any atom is -0.321 e. The van der Waals surface area contributed by atoms with Crippen LogP contribution in [0.2, 0.25) is 0 Å². The Bertz CT molecular complexity index is 643. The van der Waals surface area contributed by atoms with Crippen LogP contribution in [0.3, 0.4) is 0 Å². The second-order valence-electron chi connectivity index (χ2n) is 4.01. The molecule has 8 heteroatoms. The molecule has 1 unspecified atom stereocenters.